The Morgan fingerprint density at radius 2 is 2.07 bits per heavy atom. The number of carboxylic acids is 1. The van der Waals surface area contributed by atoms with E-state index in [9.17, 15) is 4.79 Å². The quantitative estimate of drug-likeness (QED) is 0.598. The lowest BCUT2D eigenvalue weighted by atomic mass is 9.88. The highest BCUT2D eigenvalue weighted by molar-refractivity contribution is 5.73. The van der Waals surface area contributed by atoms with Crippen LogP contribution in [0.5, 0.6) is 0 Å². The van der Waals surface area contributed by atoms with Crippen molar-refractivity contribution in [3.05, 3.63) is 23.3 Å². The molecule has 0 radical (unpaired) electrons. The molecule has 3 N–H and O–H groups in total. The van der Waals surface area contributed by atoms with E-state index in [0.29, 0.717) is 17.9 Å². The van der Waals surface area contributed by atoms with Gasteiger partial charge in [-0.15, -0.1) is 0 Å². The fourth-order valence-electron chi connectivity index (χ4n) is 1.92. The molecule has 82 valence electrons. The average molecular weight is 210 g/mol. The fourth-order valence-corrected chi connectivity index (χ4v) is 1.92. The first-order chi connectivity index (χ1) is 7.08. The molecule has 15 heavy (non-hydrogen) atoms. The highest BCUT2D eigenvalue weighted by Crippen LogP contribution is 2.42. The Morgan fingerprint density at radius 3 is 2.53 bits per heavy atom. The summed E-state index contributed by atoms with van der Waals surface area (Å²) in [6.45, 7) is 0. The summed E-state index contributed by atoms with van der Waals surface area (Å²) in [5.74, 6) is -1.05. The number of allylic oxidation sites excluding steroid dienone is 1. The number of aliphatic carboxylic acids is 1. The van der Waals surface area contributed by atoms with Crippen molar-refractivity contribution in [2.24, 2.45) is 11.8 Å². The molecule has 0 bridgehead atoms. The highest BCUT2D eigenvalue weighted by Gasteiger charge is 2.32. The van der Waals surface area contributed by atoms with Crippen LogP contribution in [0.2, 0.25) is 0 Å². The molecule has 2 aliphatic rings. The van der Waals surface area contributed by atoms with Gasteiger partial charge >= 0.3 is 5.97 Å². The van der Waals surface area contributed by atoms with Gasteiger partial charge in [0.1, 0.15) is 0 Å². The zero-order valence-electron chi connectivity index (χ0n) is 8.26. The van der Waals surface area contributed by atoms with Gasteiger partial charge in [0.2, 0.25) is 0 Å². The molecule has 4 nitrogen and oxygen atoms in total. The first-order valence-corrected chi connectivity index (χ1v) is 5.09. The van der Waals surface area contributed by atoms with Gasteiger partial charge in [0, 0.05) is 5.57 Å². The van der Waals surface area contributed by atoms with Gasteiger partial charge in [-0.05, 0) is 25.2 Å². The smallest absolute Gasteiger partial charge is 0.310 e. The molecule has 0 heterocycles. The van der Waals surface area contributed by atoms with E-state index in [2.05, 4.69) is 0 Å². The molecule has 0 aliphatic heterocycles. The molecule has 2 rings (SSSR count). The van der Waals surface area contributed by atoms with Crippen LogP contribution in [-0.4, -0.2) is 27.6 Å². The van der Waals surface area contributed by atoms with Gasteiger partial charge in [0.25, 0.3) is 0 Å². The normalized spacial score (nSPS) is 26.2. The molecule has 0 aromatic heterocycles. The van der Waals surface area contributed by atoms with E-state index in [1.165, 1.54) is 6.08 Å². The monoisotopic (exact) mass is 210 g/mol. The van der Waals surface area contributed by atoms with Crippen LogP contribution in [0.3, 0.4) is 0 Å². The van der Waals surface area contributed by atoms with E-state index in [4.69, 9.17) is 15.3 Å². The van der Waals surface area contributed by atoms with Crippen molar-refractivity contribution in [1.82, 2.24) is 0 Å². The molecule has 0 unspecified atom stereocenters. The molecule has 0 saturated heterocycles. The predicted molar refractivity (Wildman–Crippen MR) is 52.9 cm³/mol. The minimum absolute atomic E-state index is 0.315. The molecular weight excluding hydrogens is 196 g/mol. The number of aliphatic hydroxyl groups excluding tert-OH is 1. The minimum atomic E-state index is -1.57. The summed E-state index contributed by atoms with van der Waals surface area (Å²) in [6.07, 6.45) is 4.29. The predicted octanol–water partition coefficient (Wildman–Crippen LogP) is 0.664. The minimum Gasteiger partial charge on any atom is -0.481 e. The number of rotatable bonds is 3. The van der Waals surface area contributed by atoms with Crippen molar-refractivity contribution < 1.29 is 20.1 Å². The molecule has 1 atom stereocenters. The number of hydrogen-bond donors (Lipinski definition) is 3. The van der Waals surface area contributed by atoms with Crippen LogP contribution in [0.15, 0.2) is 23.3 Å². The second-order valence-electron chi connectivity index (χ2n) is 4.18. The van der Waals surface area contributed by atoms with Gasteiger partial charge < -0.3 is 15.3 Å². The van der Waals surface area contributed by atoms with Crippen molar-refractivity contribution in [3.8, 4) is 0 Å². The van der Waals surface area contributed by atoms with Gasteiger partial charge in [-0.25, -0.2) is 0 Å². The standard InChI is InChI=1S/C11H14O4/c12-10(13)8-3-7(6-1-2-6)4-9(5-8)11(14)15/h3,5-6,9-10,12-13H,1-2,4H2,(H,14,15)/t9-/m0/s1. The topological polar surface area (TPSA) is 77.8 Å². The van der Waals surface area contributed by atoms with Crippen LogP contribution in [0, 0.1) is 11.8 Å². The third-order valence-corrected chi connectivity index (χ3v) is 2.92. The lowest BCUT2D eigenvalue weighted by Gasteiger charge is -2.19. The number of carbonyl (C=O) groups is 1. The van der Waals surface area contributed by atoms with Crippen molar-refractivity contribution >= 4 is 5.97 Å². The van der Waals surface area contributed by atoms with E-state index in [-0.39, 0.29) is 0 Å². The highest BCUT2D eigenvalue weighted by atomic mass is 16.5. The molecule has 0 amide bonds. The van der Waals surface area contributed by atoms with Crippen LogP contribution in [0.25, 0.3) is 0 Å². The first kappa shape index (κ1) is 10.4. The summed E-state index contributed by atoms with van der Waals surface area (Å²) in [6, 6.07) is 0. The maximum absolute atomic E-state index is 10.9. The Hall–Kier alpha value is -1.13. The van der Waals surface area contributed by atoms with E-state index >= 15 is 0 Å². The summed E-state index contributed by atoms with van der Waals surface area (Å²) in [5, 5.41) is 27.0. The van der Waals surface area contributed by atoms with Crippen molar-refractivity contribution in [2.75, 3.05) is 0 Å². The molecule has 0 aromatic rings. The molecule has 4 heteroatoms. The lowest BCUT2D eigenvalue weighted by Crippen LogP contribution is -2.20. The zero-order valence-corrected chi connectivity index (χ0v) is 8.26. The maximum atomic E-state index is 10.9. The van der Waals surface area contributed by atoms with Crippen LogP contribution in [-0.2, 0) is 4.79 Å². The van der Waals surface area contributed by atoms with Crippen LogP contribution in [0.1, 0.15) is 19.3 Å². The third kappa shape index (κ3) is 2.27. The molecule has 0 spiro atoms. The van der Waals surface area contributed by atoms with Crippen molar-refractivity contribution in [1.29, 1.82) is 0 Å². The fraction of sp³-hybridized carbons (Fsp3) is 0.545. The van der Waals surface area contributed by atoms with Crippen molar-refractivity contribution in [2.45, 2.75) is 25.6 Å². The Balaban J connectivity index is 2.21. The van der Waals surface area contributed by atoms with Gasteiger partial charge in [0.15, 0.2) is 6.29 Å². The zero-order chi connectivity index (χ0) is 11.0. The van der Waals surface area contributed by atoms with Crippen LogP contribution in [0.4, 0.5) is 0 Å². The van der Waals surface area contributed by atoms with Crippen LogP contribution >= 0.6 is 0 Å². The maximum Gasteiger partial charge on any atom is 0.310 e. The van der Waals surface area contributed by atoms with Gasteiger partial charge in [-0.2, -0.15) is 0 Å². The Morgan fingerprint density at radius 1 is 1.40 bits per heavy atom. The van der Waals surface area contributed by atoms with E-state index in [0.717, 1.165) is 18.4 Å². The summed E-state index contributed by atoms with van der Waals surface area (Å²) in [4.78, 5) is 10.9. The summed E-state index contributed by atoms with van der Waals surface area (Å²) >= 11 is 0. The number of hydrogen-bond acceptors (Lipinski definition) is 3. The third-order valence-electron chi connectivity index (χ3n) is 2.92. The van der Waals surface area contributed by atoms with Gasteiger partial charge in [-0.1, -0.05) is 17.7 Å². The molecule has 1 fully saturated rings. The summed E-state index contributed by atoms with van der Waals surface area (Å²) in [7, 11) is 0. The largest absolute Gasteiger partial charge is 0.481 e. The first-order valence-electron chi connectivity index (χ1n) is 5.09. The molecule has 1 saturated carbocycles. The van der Waals surface area contributed by atoms with Gasteiger partial charge in [-0.3, -0.25) is 4.79 Å². The number of carboxylic acid groups (broad SMARTS) is 1. The summed E-state index contributed by atoms with van der Waals surface area (Å²) in [5.41, 5.74) is 1.36. The van der Waals surface area contributed by atoms with Crippen molar-refractivity contribution in [3.63, 3.8) is 0 Å². The SMILES string of the molecule is O=C(O)[C@@H]1C=C(C(O)O)C=C(C2CC2)C1. The molecular formula is C11H14O4. The average Bonchev–Trinajstić information content (AvgIpc) is 3.00. The Kier molecular flexibility index (Phi) is 2.63. The Bertz CT molecular complexity index is 336. The van der Waals surface area contributed by atoms with E-state index < -0.39 is 18.2 Å². The Labute approximate surface area is 87.5 Å². The van der Waals surface area contributed by atoms with Gasteiger partial charge in [0.05, 0.1) is 5.92 Å². The summed E-state index contributed by atoms with van der Waals surface area (Å²) < 4.78 is 0. The van der Waals surface area contributed by atoms with Crippen LogP contribution < -0.4 is 0 Å². The number of aliphatic hydroxyl groups is 2. The molecule has 0 aromatic carbocycles. The second-order valence-corrected chi connectivity index (χ2v) is 4.18. The lowest BCUT2D eigenvalue weighted by molar-refractivity contribution is -0.140. The van der Waals surface area contributed by atoms with E-state index in [1.54, 1.807) is 6.08 Å². The van der Waals surface area contributed by atoms with E-state index in [1.807, 2.05) is 0 Å². The molecule has 2 aliphatic carbocycles. The second kappa shape index (κ2) is 3.79.